The number of ether oxygens (including phenoxy) is 2. The minimum absolute atomic E-state index is 0.0877. The van der Waals surface area contributed by atoms with Gasteiger partial charge in [0.05, 0.1) is 14.2 Å². The van der Waals surface area contributed by atoms with Gasteiger partial charge in [-0.15, -0.1) is 5.92 Å². The van der Waals surface area contributed by atoms with Crippen LogP contribution in [0.2, 0.25) is 0 Å². The lowest BCUT2D eigenvalue weighted by Gasteiger charge is -2.41. The minimum atomic E-state index is -0.181. The Labute approximate surface area is 158 Å². The molecule has 1 unspecified atom stereocenters. The summed E-state index contributed by atoms with van der Waals surface area (Å²) in [6.45, 7) is 2.58. The van der Waals surface area contributed by atoms with Crippen molar-refractivity contribution in [2.45, 2.75) is 19.4 Å². The molecule has 0 saturated carbocycles. The van der Waals surface area contributed by atoms with E-state index in [1.807, 2.05) is 19.1 Å². The molecule has 2 heterocycles. The number of aromatic hydroxyl groups is 2. The number of rotatable bonds is 2. The summed E-state index contributed by atoms with van der Waals surface area (Å²) in [5.41, 5.74) is 4.91. The Morgan fingerprint density at radius 3 is 2.59 bits per heavy atom. The van der Waals surface area contributed by atoms with Crippen molar-refractivity contribution in [3.05, 3.63) is 46.5 Å². The Morgan fingerprint density at radius 2 is 1.89 bits per heavy atom. The molecule has 0 aliphatic carbocycles. The number of phenols is 2. The molecule has 0 radical (unpaired) electrons. The van der Waals surface area contributed by atoms with E-state index in [9.17, 15) is 10.2 Å². The second kappa shape index (κ2) is 6.48. The highest BCUT2D eigenvalue weighted by atomic mass is 16.5. The lowest BCUT2D eigenvalue weighted by atomic mass is 9.86. The molecule has 0 aromatic heterocycles. The van der Waals surface area contributed by atoms with Crippen LogP contribution in [0.15, 0.2) is 24.3 Å². The molecule has 0 spiro atoms. The van der Waals surface area contributed by atoms with Crippen molar-refractivity contribution in [1.82, 2.24) is 4.90 Å². The molecule has 0 amide bonds. The maximum atomic E-state index is 10.0. The van der Waals surface area contributed by atoms with Crippen LogP contribution in [-0.4, -0.2) is 35.9 Å². The largest absolute Gasteiger partial charge is 0.504 e. The fourth-order valence-electron chi connectivity index (χ4n) is 3.97. The van der Waals surface area contributed by atoms with Crippen LogP contribution in [0.4, 0.5) is 0 Å². The number of nitrogens with zero attached hydrogens (tertiary/aromatic N) is 1. The Bertz CT molecular complexity index is 1010. The van der Waals surface area contributed by atoms with Gasteiger partial charge in [-0.25, -0.2) is 0 Å². The lowest BCUT2D eigenvalue weighted by Crippen LogP contribution is -2.35. The number of hydrogen-bond donors (Lipinski definition) is 2. The first kappa shape index (κ1) is 17.2. The van der Waals surface area contributed by atoms with E-state index in [0.717, 1.165) is 40.9 Å². The smallest absolute Gasteiger partial charge is 0.167 e. The SMILES string of the molecule is CC#CC1c2c(ccc(OC)c2OC)C=C2c3cc(O)c(O)cc3CCN21. The molecule has 27 heavy (non-hydrogen) atoms. The quantitative estimate of drug-likeness (QED) is 0.631. The number of phenolic OH excluding ortho intramolecular Hbond substituents is 2. The van der Waals surface area contributed by atoms with Gasteiger partial charge in [-0.2, -0.15) is 0 Å². The zero-order chi connectivity index (χ0) is 19.1. The van der Waals surface area contributed by atoms with Crippen LogP contribution >= 0.6 is 0 Å². The molecular weight excluding hydrogens is 342 g/mol. The van der Waals surface area contributed by atoms with E-state index >= 15 is 0 Å². The van der Waals surface area contributed by atoms with Gasteiger partial charge < -0.3 is 24.6 Å². The van der Waals surface area contributed by atoms with Crippen molar-refractivity contribution in [2.24, 2.45) is 0 Å². The van der Waals surface area contributed by atoms with Crippen molar-refractivity contribution in [2.75, 3.05) is 20.8 Å². The summed E-state index contributed by atoms with van der Waals surface area (Å²) in [4.78, 5) is 2.22. The number of hydrogen-bond acceptors (Lipinski definition) is 5. The normalized spacial score (nSPS) is 16.9. The maximum absolute atomic E-state index is 10.0. The van der Waals surface area contributed by atoms with E-state index in [1.54, 1.807) is 26.4 Å². The maximum Gasteiger partial charge on any atom is 0.167 e. The molecule has 4 rings (SSSR count). The monoisotopic (exact) mass is 363 g/mol. The van der Waals surface area contributed by atoms with E-state index in [0.29, 0.717) is 11.5 Å². The fourth-order valence-corrected chi connectivity index (χ4v) is 3.97. The van der Waals surface area contributed by atoms with Gasteiger partial charge in [-0.1, -0.05) is 12.0 Å². The van der Waals surface area contributed by atoms with Crippen LogP contribution in [-0.2, 0) is 6.42 Å². The third-order valence-electron chi connectivity index (χ3n) is 5.18. The first-order valence-electron chi connectivity index (χ1n) is 8.79. The summed E-state index contributed by atoms with van der Waals surface area (Å²) in [5, 5.41) is 19.9. The highest BCUT2D eigenvalue weighted by molar-refractivity contribution is 5.88. The summed E-state index contributed by atoms with van der Waals surface area (Å²) in [5.74, 6) is 7.51. The number of methoxy groups -OCH3 is 2. The Morgan fingerprint density at radius 1 is 1.11 bits per heavy atom. The molecule has 138 valence electrons. The van der Waals surface area contributed by atoms with Crippen molar-refractivity contribution < 1.29 is 19.7 Å². The molecule has 1 atom stereocenters. The van der Waals surface area contributed by atoms with Gasteiger partial charge in [0.15, 0.2) is 23.0 Å². The highest BCUT2D eigenvalue weighted by Crippen LogP contribution is 2.48. The Balaban J connectivity index is 1.98. The van der Waals surface area contributed by atoms with E-state index in [1.165, 1.54) is 0 Å². The topological polar surface area (TPSA) is 62.2 Å². The van der Waals surface area contributed by atoms with E-state index in [2.05, 4.69) is 22.8 Å². The van der Waals surface area contributed by atoms with Crippen LogP contribution in [0.1, 0.15) is 35.2 Å². The molecule has 2 aromatic carbocycles. The second-order valence-electron chi connectivity index (χ2n) is 6.57. The molecule has 0 fully saturated rings. The molecule has 2 aliphatic rings. The average Bonchev–Trinajstić information content (AvgIpc) is 2.68. The molecule has 0 saturated heterocycles. The van der Waals surface area contributed by atoms with E-state index < -0.39 is 0 Å². The predicted molar refractivity (Wildman–Crippen MR) is 104 cm³/mol. The predicted octanol–water partition coefficient (Wildman–Crippen LogP) is 3.55. The third kappa shape index (κ3) is 2.57. The standard InChI is InChI=1S/C22H21NO4/c1-4-5-16-21-14(6-7-20(26-2)22(21)27-3)10-17-15-12-19(25)18(24)11-13(15)8-9-23(16)17/h6-7,10-12,16,24-25H,8-9H2,1-3H3. The first-order valence-corrected chi connectivity index (χ1v) is 8.79. The van der Waals surface area contributed by atoms with Gasteiger partial charge in [0.2, 0.25) is 0 Å². The van der Waals surface area contributed by atoms with Crippen LogP contribution in [0.25, 0.3) is 11.8 Å². The second-order valence-corrected chi connectivity index (χ2v) is 6.57. The molecule has 2 aromatic rings. The highest BCUT2D eigenvalue weighted by Gasteiger charge is 2.35. The average molecular weight is 363 g/mol. The van der Waals surface area contributed by atoms with Gasteiger partial charge >= 0.3 is 0 Å². The zero-order valence-corrected chi connectivity index (χ0v) is 15.5. The molecule has 2 N–H and O–H groups in total. The number of benzene rings is 2. The van der Waals surface area contributed by atoms with Gasteiger partial charge in [-0.05, 0) is 48.7 Å². The number of fused-ring (bicyclic) bond motifs is 4. The Hall–Kier alpha value is -3.26. The third-order valence-corrected chi connectivity index (χ3v) is 5.18. The molecule has 0 bridgehead atoms. The van der Waals surface area contributed by atoms with Gasteiger partial charge in [0, 0.05) is 23.4 Å². The summed E-state index contributed by atoms with van der Waals surface area (Å²) in [6, 6.07) is 6.98. The van der Waals surface area contributed by atoms with Crippen LogP contribution in [0.5, 0.6) is 23.0 Å². The van der Waals surface area contributed by atoms with Crippen molar-refractivity contribution in [1.29, 1.82) is 0 Å². The summed E-state index contributed by atoms with van der Waals surface area (Å²) < 4.78 is 11.2. The molecular formula is C22H21NO4. The molecule has 2 aliphatic heterocycles. The van der Waals surface area contributed by atoms with Gasteiger partial charge in [-0.3, -0.25) is 0 Å². The molecule has 5 heteroatoms. The van der Waals surface area contributed by atoms with Gasteiger partial charge in [0.25, 0.3) is 0 Å². The lowest BCUT2D eigenvalue weighted by molar-refractivity contribution is 0.316. The fraction of sp³-hybridized carbons (Fsp3) is 0.273. The van der Waals surface area contributed by atoms with Crippen molar-refractivity contribution in [3.8, 4) is 34.8 Å². The first-order chi connectivity index (χ1) is 13.1. The summed E-state index contributed by atoms with van der Waals surface area (Å²) in [7, 11) is 3.27. The van der Waals surface area contributed by atoms with Crippen molar-refractivity contribution >= 4 is 11.8 Å². The molecule has 5 nitrogen and oxygen atoms in total. The zero-order valence-electron chi connectivity index (χ0n) is 15.5. The minimum Gasteiger partial charge on any atom is -0.504 e. The summed E-state index contributed by atoms with van der Waals surface area (Å²) >= 11 is 0. The van der Waals surface area contributed by atoms with E-state index in [-0.39, 0.29) is 17.5 Å². The van der Waals surface area contributed by atoms with Crippen LogP contribution in [0, 0.1) is 11.8 Å². The Kier molecular flexibility index (Phi) is 4.12. The van der Waals surface area contributed by atoms with Crippen LogP contribution < -0.4 is 9.47 Å². The van der Waals surface area contributed by atoms with Crippen molar-refractivity contribution in [3.63, 3.8) is 0 Å². The van der Waals surface area contributed by atoms with E-state index in [4.69, 9.17) is 9.47 Å². The van der Waals surface area contributed by atoms with Crippen LogP contribution in [0.3, 0.4) is 0 Å². The summed E-state index contributed by atoms with van der Waals surface area (Å²) in [6.07, 6.45) is 2.84. The van der Waals surface area contributed by atoms with Gasteiger partial charge in [0.1, 0.15) is 6.04 Å².